The summed E-state index contributed by atoms with van der Waals surface area (Å²) < 4.78 is 0. The Morgan fingerprint density at radius 2 is 2.00 bits per heavy atom. The van der Waals surface area contributed by atoms with E-state index in [9.17, 15) is 0 Å². The Bertz CT molecular complexity index is 430. The van der Waals surface area contributed by atoms with Gasteiger partial charge in [-0.05, 0) is 56.5 Å². The van der Waals surface area contributed by atoms with Crippen LogP contribution in [0.15, 0.2) is 18.2 Å². The van der Waals surface area contributed by atoms with E-state index in [0.717, 1.165) is 11.7 Å². The fraction of sp³-hybridized carbons (Fsp3) is 0.600. The zero-order valence-corrected chi connectivity index (χ0v) is 11.2. The summed E-state index contributed by atoms with van der Waals surface area (Å²) in [5, 5.41) is 0. The molecule has 3 rings (SSSR count). The largest absolute Gasteiger partial charge is 0.399 e. The van der Waals surface area contributed by atoms with Crippen LogP contribution in [0.5, 0.6) is 0 Å². The van der Waals surface area contributed by atoms with Crippen LogP contribution in [0.4, 0.5) is 11.4 Å². The molecular weight excluding hydrogens is 222 g/mol. The molecule has 0 spiro atoms. The van der Waals surface area contributed by atoms with Gasteiger partial charge in [-0.3, -0.25) is 4.90 Å². The number of nitrogens with two attached hydrogens (primary N) is 1. The van der Waals surface area contributed by atoms with E-state index in [4.69, 9.17) is 5.73 Å². The lowest BCUT2D eigenvalue weighted by Crippen LogP contribution is -2.36. The van der Waals surface area contributed by atoms with Gasteiger partial charge >= 0.3 is 0 Å². The molecule has 0 radical (unpaired) electrons. The number of benzene rings is 1. The fourth-order valence-corrected chi connectivity index (χ4v) is 3.46. The Labute approximate surface area is 110 Å². The van der Waals surface area contributed by atoms with Crippen molar-refractivity contribution in [3.63, 3.8) is 0 Å². The van der Waals surface area contributed by atoms with Crippen molar-refractivity contribution in [2.45, 2.75) is 32.2 Å². The van der Waals surface area contributed by atoms with Crippen LogP contribution < -0.4 is 10.6 Å². The molecule has 3 nitrogen and oxygen atoms in total. The summed E-state index contributed by atoms with van der Waals surface area (Å²) in [6, 6.07) is 7.08. The highest BCUT2D eigenvalue weighted by Gasteiger charge is 2.29. The van der Waals surface area contributed by atoms with Crippen LogP contribution in [0.3, 0.4) is 0 Å². The van der Waals surface area contributed by atoms with Gasteiger partial charge in [0.15, 0.2) is 0 Å². The topological polar surface area (TPSA) is 32.5 Å². The average Bonchev–Trinajstić information content (AvgIpc) is 2.67. The van der Waals surface area contributed by atoms with Crippen molar-refractivity contribution in [1.82, 2.24) is 4.90 Å². The lowest BCUT2D eigenvalue weighted by atomic mass is 10.1. The molecule has 2 fully saturated rings. The maximum atomic E-state index is 5.85. The van der Waals surface area contributed by atoms with E-state index >= 15 is 0 Å². The van der Waals surface area contributed by atoms with Crippen molar-refractivity contribution in [2.24, 2.45) is 0 Å². The highest BCUT2D eigenvalue weighted by Crippen LogP contribution is 2.27. The van der Waals surface area contributed by atoms with Gasteiger partial charge in [0.1, 0.15) is 0 Å². The smallest absolute Gasteiger partial charge is 0.0397 e. The molecule has 0 amide bonds. The minimum atomic E-state index is 0.768. The summed E-state index contributed by atoms with van der Waals surface area (Å²) >= 11 is 0. The summed E-state index contributed by atoms with van der Waals surface area (Å²) in [5.74, 6) is 0. The van der Waals surface area contributed by atoms with Gasteiger partial charge in [-0.25, -0.2) is 0 Å². The average molecular weight is 245 g/mol. The van der Waals surface area contributed by atoms with Crippen molar-refractivity contribution in [3.05, 3.63) is 23.8 Å². The van der Waals surface area contributed by atoms with E-state index in [2.05, 4.69) is 28.9 Å². The first-order valence-electron chi connectivity index (χ1n) is 7.09. The van der Waals surface area contributed by atoms with E-state index in [-0.39, 0.29) is 0 Å². The first kappa shape index (κ1) is 11.8. The normalized spacial score (nSPS) is 24.9. The number of anilines is 2. The molecule has 18 heavy (non-hydrogen) atoms. The Morgan fingerprint density at radius 1 is 1.17 bits per heavy atom. The van der Waals surface area contributed by atoms with Crippen LogP contribution in [0, 0.1) is 6.92 Å². The Kier molecular flexibility index (Phi) is 3.16. The maximum absolute atomic E-state index is 5.85. The van der Waals surface area contributed by atoms with Gasteiger partial charge in [0.05, 0.1) is 0 Å². The Hall–Kier alpha value is -1.22. The number of nitrogen functional groups attached to an aromatic ring is 1. The van der Waals surface area contributed by atoms with Crippen molar-refractivity contribution in [3.8, 4) is 0 Å². The zero-order chi connectivity index (χ0) is 12.5. The maximum Gasteiger partial charge on any atom is 0.0397 e. The van der Waals surface area contributed by atoms with Crippen LogP contribution in [0.25, 0.3) is 0 Å². The molecule has 1 unspecified atom stereocenters. The summed E-state index contributed by atoms with van der Waals surface area (Å²) in [6.07, 6.45) is 4.02. The standard InChI is InChI=1S/C15H23N3/c1-12-10-13(16)5-6-15(12)18-9-3-8-17-7-2-4-14(17)11-18/h5-6,10,14H,2-4,7-9,11,16H2,1H3. The van der Waals surface area contributed by atoms with Crippen LogP contribution in [-0.2, 0) is 0 Å². The summed E-state index contributed by atoms with van der Waals surface area (Å²) in [5.41, 5.74) is 9.40. The second kappa shape index (κ2) is 4.81. The minimum absolute atomic E-state index is 0.768. The summed E-state index contributed by atoms with van der Waals surface area (Å²) in [7, 11) is 0. The van der Waals surface area contributed by atoms with E-state index in [1.54, 1.807) is 0 Å². The lowest BCUT2D eigenvalue weighted by Gasteiger charge is -2.28. The molecule has 0 bridgehead atoms. The third kappa shape index (κ3) is 2.19. The first-order chi connectivity index (χ1) is 8.74. The summed E-state index contributed by atoms with van der Waals surface area (Å²) in [4.78, 5) is 5.23. The molecule has 0 aliphatic carbocycles. The second-order valence-corrected chi connectivity index (χ2v) is 5.68. The molecule has 2 heterocycles. The molecule has 1 atom stereocenters. The Balaban J connectivity index is 1.82. The van der Waals surface area contributed by atoms with Crippen molar-refractivity contribution >= 4 is 11.4 Å². The predicted molar refractivity (Wildman–Crippen MR) is 77.0 cm³/mol. The molecule has 2 aliphatic rings. The van der Waals surface area contributed by atoms with Crippen molar-refractivity contribution < 1.29 is 0 Å². The predicted octanol–water partition coefficient (Wildman–Crippen LogP) is 2.25. The third-order valence-electron chi connectivity index (χ3n) is 4.37. The van der Waals surface area contributed by atoms with Gasteiger partial charge in [-0.1, -0.05) is 0 Å². The van der Waals surface area contributed by atoms with Gasteiger partial charge in [-0.2, -0.15) is 0 Å². The molecule has 0 aromatic heterocycles. The molecule has 1 aromatic carbocycles. The van der Waals surface area contributed by atoms with Gasteiger partial charge < -0.3 is 10.6 Å². The van der Waals surface area contributed by atoms with Crippen LogP contribution in [-0.4, -0.2) is 37.1 Å². The van der Waals surface area contributed by atoms with Crippen LogP contribution >= 0.6 is 0 Å². The lowest BCUT2D eigenvalue weighted by molar-refractivity contribution is 0.273. The first-order valence-corrected chi connectivity index (χ1v) is 7.09. The molecular formula is C15H23N3. The highest BCUT2D eigenvalue weighted by atomic mass is 15.3. The van der Waals surface area contributed by atoms with Gasteiger partial charge in [-0.15, -0.1) is 0 Å². The van der Waals surface area contributed by atoms with Gasteiger partial charge in [0, 0.05) is 37.1 Å². The number of aryl methyl sites for hydroxylation is 1. The van der Waals surface area contributed by atoms with Crippen LogP contribution in [0.1, 0.15) is 24.8 Å². The Morgan fingerprint density at radius 3 is 2.83 bits per heavy atom. The van der Waals surface area contributed by atoms with E-state index < -0.39 is 0 Å². The quantitative estimate of drug-likeness (QED) is 0.770. The molecule has 2 N–H and O–H groups in total. The van der Waals surface area contributed by atoms with Gasteiger partial charge in [0.2, 0.25) is 0 Å². The molecule has 2 aliphatic heterocycles. The number of rotatable bonds is 1. The highest BCUT2D eigenvalue weighted by molar-refractivity contribution is 5.59. The molecule has 1 aromatic rings. The number of hydrogen-bond donors (Lipinski definition) is 1. The minimum Gasteiger partial charge on any atom is -0.399 e. The van der Waals surface area contributed by atoms with E-state index in [1.807, 2.05) is 6.07 Å². The monoisotopic (exact) mass is 245 g/mol. The van der Waals surface area contributed by atoms with Crippen molar-refractivity contribution in [1.29, 1.82) is 0 Å². The van der Waals surface area contributed by atoms with Crippen molar-refractivity contribution in [2.75, 3.05) is 36.8 Å². The molecule has 3 heteroatoms. The number of hydrogen-bond acceptors (Lipinski definition) is 3. The number of fused-ring (bicyclic) bond motifs is 1. The number of nitrogens with zero attached hydrogens (tertiary/aromatic N) is 2. The van der Waals surface area contributed by atoms with Gasteiger partial charge in [0.25, 0.3) is 0 Å². The molecule has 98 valence electrons. The fourth-order valence-electron chi connectivity index (χ4n) is 3.46. The third-order valence-corrected chi connectivity index (χ3v) is 4.37. The van der Waals surface area contributed by atoms with E-state index in [1.165, 1.54) is 56.7 Å². The summed E-state index contributed by atoms with van der Waals surface area (Å²) in [6.45, 7) is 7.11. The van der Waals surface area contributed by atoms with E-state index in [0.29, 0.717) is 0 Å². The second-order valence-electron chi connectivity index (χ2n) is 5.68. The SMILES string of the molecule is Cc1cc(N)ccc1N1CCCN2CCCC2C1. The van der Waals surface area contributed by atoms with Crippen LogP contribution in [0.2, 0.25) is 0 Å². The molecule has 0 saturated carbocycles. The molecule has 2 saturated heterocycles. The zero-order valence-electron chi connectivity index (χ0n) is 11.2.